The molecule has 114 valence electrons. The molecule has 0 heterocycles. The molecular formula is C19H18BrClO. The Bertz CT molecular complexity index is 672. The van der Waals surface area contributed by atoms with Crippen LogP contribution in [0, 0.1) is 11.8 Å². The van der Waals surface area contributed by atoms with E-state index < -0.39 is 0 Å². The Kier molecular flexibility index (Phi) is 3.91. The summed E-state index contributed by atoms with van der Waals surface area (Å²) < 4.78 is 7.15. The highest BCUT2D eigenvalue weighted by atomic mass is 79.9. The van der Waals surface area contributed by atoms with Crippen molar-refractivity contribution in [2.24, 2.45) is 11.8 Å². The van der Waals surface area contributed by atoms with Gasteiger partial charge in [0.25, 0.3) is 0 Å². The molecular weight excluding hydrogens is 360 g/mol. The maximum Gasteiger partial charge on any atom is 0.119 e. The predicted molar refractivity (Wildman–Crippen MR) is 93.6 cm³/mol. The molecule has 2 saturated carbocycles. The Morgan fingerprint density at radius 2 is 1.73 bits per heavy atom. The van der Waals surface area contributed by atoms with Crippen LogP contribution < -0.4 is 4.74 Å². The van der Waals surface area contributed by atoms with Gasteiger partial charge in [-0.2, -0.15) is 0 Å². The highest BCUT2D eigenvalue weighted by Gasteiger charge is 2.46. The fraction of sp³-hybridized carbons (Fsp3) is 0.368. The van der Waals surface area contributed by atoms with Gasteiger partial charge in [0.1, 0.15) is 5.75 Å². The third kappa shape index (κ3) is 3.18. The molecule has 22 heavy (non-hydrogen) atoms. The Labute approximate surface area is 144 Å². The zero-order valence-corrected chi connectivity index (χ0v) is 14.6. The minimum Gasteiger partial charge on any atom is -0.490 e. The van der Waals surface area contributed by atoms with Crippen molar-refractivity contribution in [1.82, 2.24) is 0 Å². The van der Waals surface area contributed by atoms with Gasteiger partial charge in [-0.25, -0.2) is 0 Å². The molecule has 0 saturated heterocycles. The average molecular weight is 378 g/mol. The van der Waals surface area contributed by atoms with Gasteiger partial charge < -0.3 is 4.74 Å². The lowest BCUT2D eigenvalue weighted by atomic mass is 10.0. The molecule has 0 aromatic heterocycles. The zero-order valence-electron chi connectivity index (χ0n) is 12.3. The van der Waals surface area contributed by atoms with Crippen molar-refractivity contribution >= 4 is 27.5 Å². The number of halogens is 2. The Morgan fingerprint density at radius 3 is 2.45 bits per heavy atom. The molecule has 2 aromatic rings. The van der Waals surface area contributed by atoms with Crippen molar-refractivity contribution in [1.29, 1.82) is 0 Å². The van der Waals surface area contributed by atoms with E-state index in [-0.39, 0.29) is 0 Å². The molecule has 2 aromatic carbocycles. The maximum absolute atomic E-state index is 6.26. The first-order valence-electron chi connectivity index (χ1n) is 7.87. The average Bonchev–Trinajstić information content (AvgIpc) is 3.12. The van der Waals surface area contributed by atoms with E-state index in [1.807, 2.05) is 12.1 Å². The molecule has 3 heteroatoms. The van der Waals surface area contributed by atoms with Crippen LogP contribution in [-0.4, -0.2) is 6.10 Å². The molecule has 0 aliphatic heterocycles. The van der Waals surface area contributed by atoms with Crippen LogP contribution in [0.15, 0.2) is 46.9 Å². The van der Waals surface area contributed by atoms with Crippen molar-refractivity contribution in [3.8, 4) is 5.75 Å². The molecule has 0 radical (unpaired) electrons. The highest BCUT2D eigenvalue weighted by Crippen LogP contribution is 2.52. The van der Waals surface area contributed by atoms with Gasteiger partial charge >= 0.3 is 0 Å². The number of ether oxygens (including phenoxy) is 1. The van der Waals surface area contributed by atoms with E-state index in [0.717, 1.165) is 39.1 Å². The number of hydrogen-bond donors (Lipinski definition) is 0. The van der Waals surface area contributed by atoms with Crippen LogP contribution in [0.25, 0.3) is 0 Å². The minimum absolute atomic E-state index is 0.439. The summed E-state index contributed by atoms with van der Waals surface area (Å²) in [6.45, 7) is 0. The molecule has 0 amide bonds. The summed E-state index contributed by atoms with van der Waals surface area (Å²) in [6, 6.07) is 14.4. The normalized spacial score (nSPS) is 23.4. The largest absolute Gasteiger partial charge is 0.490 e. The lowest BCUT2D eigenvalue weighted by molar-refractivity contribution is 0.194. The van der Waals surface area contributed by atoms with Crippen LogP contribution >= 0.6 is 27.5 Å². The number of fused-ring (bicyclic) bond motifs is 1. The van der Waals surface area contributed by atoms with Gasteiger partial charge in [-0.05, 0) is 79.0 Å². The second kappa shape index (κ2) is 5.90. The van der Waals surface area contributed by atoms with E-state index in [9.17, 15) is 0 Å². The SMILES string of the molecule is Clc1ccc(Br)cc1Cc1ccc(OC2C[C@@H]3C[C@H]3C2)cc1. The van der Waals surface area contributed by atoms with Crippen molar-refractivity contribution < 1.29 is 4.74 Å². The second-order valence-corrected chi connectivity index (χ2v) is 7.85. The quantitative estimate of drug-likeness (QED) is 0.647. The molecule has 2 aliphatic rings. The zero-order chi connectivity index (χ0) is 15.1. The first kappa shape index (κ1) is 14.6. The molecule has 0 N–H and O–H groups in total. The standard InChI is InChI=1S/C19H18BrClO/c20-16-3-6-19(21)15(9-16)7-12-1-4-17(5-2-12)22-18-10-13-8-14(13)11-18/h1-6,9,13-14,18H,7-8,10-11H2/t13-,14-/m0/s1. The molecule has 2 atom stereocenters. The molecule has 0 unspecified atom stereocenters. The first-order valence-corrected chi connectivity index (χ1v) is 9.04. The van der Waals surface area contributed by atoms with Crippen LogP contribution in [0.2, 0.25) is 5.02 Å². The third-order valence-electron chi connectivity index (χ3n) is 4.83. The smallest absolute Gasteiger partial charge is 0.119 e. The Hall–Kier alpha value is -0.990. The van der Waals surface area contributed by atoms with Crippen LogP contribution in [0.1, 0.15) is 30.4 Å². The number of rotatable bonds is 4. The van der Waals surface area contributed by atoms with Crippen molar-refractivity contribution in [3.63, 3.8) is 0 Å². The van der Waals surface area contributed by atoms with Crippen LogP contribution in [0.3, 0.4) is 0 Å². The first-order chi connectivity index (χ1) is 10.7. The van der Waals surface area contributed by atoms with Crippen LogP contribution in [0.4, 0.5) is 0 Å². The molecule has 0 bridgehead atoms. The van der Waals surface area contributed by atoms with Crippen LogP contribution in [0.5, 0.6) is 5.75 Å². The van der Waals surface area contributed by atoms with E-state index in [4.69, 9.17) is 16.3 Å². The lowest BCUT2D eigenvalue weighted by Gasteiger charge is -2.15. The summed E-state index contributed by atoms with van der Waals surface area (Å²) in [5.41, 5.74) is 2.39. The van der Waals surface area contributed by atoms with Gasteiger partial charge in [0.2, 0.25) is 0 Å². The molecule has 0 spiro atoms. The molecule has 1 nitrogen and oxygen atoms in total. The highest BCUT2D eigenvalue weighted by molar-refractivity contribution is 9.10. The Morgan fingerprint density at radius 1 is 1.00 bits per heavy atom. The molecule has 2 aliphatic carbocycles. The third-order valence-corrected chi connectivity index (χ3v) is 5.69. The van der Waals surface area contributed by atoms with Gasteiger partial charge in [-0.15, -0.1) is 0 Å². The maximum atomic E-state index is 6.26. The summed E-state index contributed by atoms with van der Waals surface area (Å²) in [5, 5.41) is 0.814. The van der Waals surface area contributed by atoms with Gasteiger partial charge in [0.05, 0.1) is 6.10 Å². The topological polar surface area (TPSA) is 9.23 Å². The van der Waals surface area contributed by atoms with Gasteiger partial charge in [-0.3, -0.25) is 0 Å². The fourth-order valence-corrected chi connectivity index (χ4v) is 4.13. The van der Waals surface area contributed by atoms with Crippen molar-refractivity contribution in [3.05, 3.63) is 63.1 Å². The van der Waals surface area contributed by atoms with E-state index in [1.54, 1.807) is 0 Å². The predicted octanol–water partition coefficient (Wildman–Crippen LogP) is 5.87. The number of benzene rings is 2. The summed E-state index contributed by atoms with van der Waals surface area (Å²) in [4.78, 5) is 0. The van der Waals surface area contributed by atoms with Crippen LogP contribution in [-0.2, 0) is 6.42 Å². The van der Waals surface area contributed by atoms with Crippen molar-refractivity contribution in [2.75, 3.05) is 0 Å². The van der Waals surface area contributed by atoms with Gasteiger partial charge in [0.15, 0.2) is 0 Å². The number of hydrogen-bond acceptors (Lipinski definition) is 1. The minimum atomic E-state index is 0.439. The molecule has 2 fully saturated rings. The van der Waals surface area contributed by atoms with E-state index in [1.165, 1.54) is 24.8 Å². The summed E-state index contributed by atoms with van der Waals surface area (Å²) in [5.74, 6) is 2.92. The van der Waals surface area contributed by atoms with E-state index in [2.05, 4.69) is 46.3 Å². The lowest BCUT2D eigenvalue weighted by Crippen LogP contribution is -2.13. The van der Waals surface area contributed by atoms with Gasteiger partial charge in [0, 0.05) is 9.50 Å². The van der Waals surface area contributed by atoms with Gasteiger partial charge in [-0.1, -0.05) is 39.7 Å². The monoisotopic (exact) mass is 376 g/mol. The Balaban J connectivity index is 1.41. The molecule has 4 rings (SSSR count). The second-order valence-electron chi connectivity index (χ2n) is 6.52. The van der Waals surface area contributed by atoms with E-state index in [0.29, 0.717) is 6.10 Å². The van der Waals surface area contributed by atoms with Crippen molar-refractivity contribution in [2.45, 2.75) is 31.8 Å². The summed E-state index contributed by atoms with van der Waals surface area (Å²) >= 11 is 9.76. The summed E-state index contributed by atoms with van der Waals surface area (Å²) in [7, 11) is 0. The fourth-order valence-electron chi connectivity index (χ4n) is 3.53. The summed E-state index contributed by atoms with van der Waals surface area (Å²) in [6.07, 6.45) is 5.22. The van der Waals surface area contributed by atoms with E-state index >= 15 is 0 Å².